The average molecular weight is 436 g/mol. The van der Waals surface area contributed by atoms with Gasteiger partial charge in [0, 0.05) is 23.1 Å². The number of H-pyrrole nitrogens is 1. The van der Waals surface area contributed by atoms with Gasteiger partial charge in [-0.1, -0.05) is 5.11 Å². The molecular weight excluding hydrogens is 415 g/mol. The van der Waals surface area contributed by atoms with Gasteiger partial charge in [-0.15, -0.1) is 0 Å². The Labute approximate surface area is 163 Å². The van der Waals surface area contributed by atoms with Gasteiger partial charge in [0.1, 0.15) is 6.23 Å². The first-order chi connectivity index (χ1) is 13.1. The molecule has 1 saturated heterocycles. The molecule has 29 heavy (non-hydrogen) atoms. The number of ether oxygens (including phenoxy) is 3. The maximum atomic E-state index is 12.0. The zero-order chi connectivity index (χ0) is 21.1. The molecule has 1 unspecified atom stereocenters. The summed E-state index contributed by atoms with van der Waals surface area (Å²) in [5.74, 6) is -3.46. The molecule has 1 aliphatic rings. The van der Waals surface area contributed by atoms with Crippen LogP contribution in [0.1, 0.15) is 18.2 Å². The van der Waals surface area contributed by atoms with E-state index in [0.717, 1.165) is 11.7 Å². The van der Waals surface area contributed by atoms with Crippen LogP contribution < -0.4 is 17.4 Å². The summed E-state index contributed by atoms with van der Waals surface area (Å²) < 4.78 is 27.4. The highest BCUT2D eigenvalue weighted by Crippen LogP contribution is 2.43. The van der Waals surface area contributed by atoms with Crippen LogP contribution in [0, 0.1) is 6.92 Å². The van der Waals surface area contributed by atoms with Gasteiger partial charge in [-0.2, -0.15) is 0 Å². The van der Waals surface area contributed by atoms with Gasteiger partial charge in [-0.25, -0.2) is 9.59 Å². The van der Waals surface area contributed by atoms with Crippen molar-refractivity contribution in [1.29, 1.82) is 0 Å². The third-order valence-corrected chi connectivity index (χ3v) is 4.96. The number of azide groups is 1. The van der Waals surface area contributed by atoms with E-state index >= 15 is 0 Å². The van der Waals surface area contributed by atoms with Crippen LogP contribution in [0.2, 0.25) is 0 Å². The predicted octanol–water partition coefficient (Wildman–Crippen LogP) is -0.333. The number of aryl methyl sites for hydroxylation is 1. The standard InChI is InChI=1S/C13H18N5O9P.H3N/c1-6-4-18(13(21)15-10(6)19)9-3-7(16-17-14)8(27-9)5-26-12(11(20)25-2)28(22,23)24;/h4,7-9,12H,3,5H2,1-2H3,(H,15,19,21)(H2,22,23,24);1H3/t7-,8+,9+,12?;/m0./s1. The highest BCUT2D eigenvalue weighted by atomic mass is 31.2. The first-order valence-corrected chi connectivity index (χ1v) is 9.53. The summed E-state index contributed by atoms with van der Waals surface area (Å²) in [6, 6.07) is -0.857. The van der Waals surface area contributed by atoms with Crippen molar-refractivity contribution in [3.8, 4) is 0 Å². The monoisotopic (exact) mass is 436 g/mol. The van der Waals surface area contributed by atoms with Crippen LogP contribution in [0.4, 0.5) is 0 Å². The number of carbonyl (C=O) groups is 1. The summed E-state index contributed by atoms with van der Waals surface area (Å²) in [6.07, 6.45) is -0.644. The van der Waals surface area contributed by atoms with Gasteiger partial charge in [0.25, 0.3) is 11.4 Å². The number of hydrogen-bond donors (Lipinski definition) is 4. The number of hydrogen-bond acceptors (Lipinski definition) is 9. The Morgan fingerprint density at radius 2 is 2.21 bits per heavy atom. The number of nitrogens with zero attached hydrogens (tertiary/aromatic N) is 4. The van der Waals surface area contributed by atoms with Crippen LogP contribution in [0.15, 0.2) is 20.9 Å². The van der Waals surface area contributed by atoms with Gasteiger partial charge in [-0.3, -0.25) is 18.9 Å². The molecule has 0 saturated carbocycles. The van der Waals surface area contributed by atoms with Crippen LogP contribution in [-0.2, 0) is 23.6 Å². The van der Waals surface area contributed by atoms with Crippen LogP contribution in [-0.4, -0.2) is 57.0 Å². The van der Waals surface area contributed by atoms with Crippen molar-refractivity contribution in [3.63, 3.8) is 0 Å². The second-order valence-electron chi connectivity index (χ2n) is 5.91. The third kappa shape index (κ3) is 5.74. The summed E-state index contributed by atoms with van der Waals surface area (Å²) >= 11 is 0. The lowest BCUT2D eigenvalue weighted by atomic mass is 10.1. The van der Waals surface area contributed by atoms with Gasteiger partial charge in [0.05, 0.1) is 25.9 Å². The van der Waals surface area contributed by atoms with E-state index in [9.17, 15) is 28.7 Å². The zero-order valence-electron chi connectivity index (χ0n) is 15.5. The van der Waals surface area contributed by atoms with Crippen LogP contribution >= 0.6 is 7.60 Å². The second kappa shape index (κ2) is 9.80. The number of carbonyl (C=O) groups excluding carboxylic acids is 1. The normalized spacial score (nSPS) is 22.3. The van der Waals surface area contributed by atoms with Crippen molar-refractivity contribution in [2.75, 3.05) is 13.7 Å². The number of methoxy groups -OCH3 is 1. The lowest BCUT2D eigenvalue weighted by Crippen LogP contribution is -2.34. The average Bonchev–Trinajstić information content (AvgIpc) is 3.00. The maximum Gasteiger partial charge on any atom is 0.365 e. The first kappa shape index (κ1) is 24.5. The third-order valence-electron chi connectivity index (χ3n) is 3.99. The molecule has 15 nitrogen and oxygen atoms in total. The molecule has 0 amide bonds. The Kier molecular flexibility index (Phi) is 8.29. The molecule has 2 rings (SSSR count). The molecule has 1 fully saturated rings. The van der Waals surface area contributed by atoms with E-state index in [0.29, 0.717) is 0 Å². The minimum absolute atomic E-state index is 0. The van der Waals surface area contributed by atoms with Crippen molar-refractivity contribution in [3.05, 3.63) is 43.0 Å². The Morgan fingerprint density at radius 1 is 1.55 bits per heavy atom. The quantitative estimate of drug-likeness (QED) is 0.142. The number of rotatable bonds is 7. The molecule has 0 aromatic carbocycles. The molecule has 4 atom stereocenters. The molecular formula is C13H21N6O9P. The van der Waals surface area contributed by atoms with E-state index < -0.39 is 55.6 Å². The summed E-state index contributed by atoms with van der Waals surface area (Å²) in [7, 11) is -4.05. The van der Waals surface area contributed by atoms with Gasteiger partial charge in [0.15, 0.2) is 0 Å². The topological polar surface area (TPSA) is 241 Å². The molecule has 0 bridgehead atoms. The van der Waals surface area contributed by atoms with E-state index in [4.69, 9.17) is 15.0 Å². The highest BCUT2D eigenvalue weighted by molar-refractivity contribution is 7.53. The van der Waals surface area contributed by atoms with Crippen molar-refractivity contribution in [2.24, 2.45) is 5.11 Å². The van der Waals surface area contributed by atoms with E-state index in [1.807, 2.05) is 0 Å². The number of aromatic nitrogens is 2. The fraction of sp³-hybridized carbons (Fsp3) is 0.615. The summed E-state index contributed by atoms with van der Waals surface area (Å²) in [5, 5.41) is 3.53. The van der Waals surface area contributed by atoms with Crippen molar-refractivity contribution in [2.45, 2.75) is 37.6 Å². The molecule has 162 valence electrons. The van der Waals surface area contributed by atoms with Crippen LogP contribution in [0.3, 0.4) is 0 Å². The van der Waals surface area contributed by atoms with Gasteiger partial charge in [-0.05, 0) is 12.5 Å². The zero-order valence-corrected chi connectivity index (χ0v) is 16.4. The molecule has 6 N–H and O–H groups in total. The fourth-order valence-corrected chi connectivity index (χ4v) is 3.27. The Balaban J connectivity index is 0.00000420. The second-order valence-corrected chi connectivity index (χ2v) is 7.56. The highest BCUT2D eigenvalue weighted by Gasteiger charge is 2.42. The number of nitrogens with one attached hydrogen (secondary N) is 1. The molecule has 1 aromatic heterocycles. The van der Waals surface area contributed by atoms with E-state index in [2.05, 4.69) is 19.7 Å². The van der Waals surface area contributed by atoms with Crippen molar-refractivity contribution < 1.29 is 33.4 Å². The number of esters is 1. The Hall–Kier alpha value is -2.51. The molecule has 0 spiro atoms. The van der Waals surface area contributed by atoms with E-state index in [1.54, 1.807) is 0 Å². The van der Waals surface area contributed by atoms with Crippen LogP contribution in [0.5, 0.6) is 0 Å². The van der Waals surface area contributed by atoms with Crippen LogP contribution in [0.25, 0.3) is 10.4 Å². The fourth-order valence-electron chi connectivity index (χ4n) is 2.61. The first-order valence-electron chi connectivity index (χ1n) is 7.84. The minimum Gasteiger partial charge on any atom is -0.467 e. The molecule has 2 heterocycles. The minimum atomic E-state index is -4.98. The van der Waals surface area contributed by atoms with Crippen molar-refractivity contribution >= 4 is 13.6 Å². The molecule has 0 aliphatic carbocycles. The Morgan fingerprint density at radius 3 is 2.76 bits per heavy atom. The van der Waals surface area contributed by atoms with Gasteiger partial charge >= 0.3 is 19.3 Å². The van der Waals surface area contributed by atoms with E-state index in [1.165, 1.54) is 13.1 Å². The smallest absolute Gasteiger partial charge is 0.365 e. The van der Waals surface area contributed by atoms with Gasteiger partial charge in [0.2, 0.25) is 0 Å². The lowest BCUT2D eigenvalue weighted by molar-refractivity contribution is -0.152. The molecule has 1 aromatic rings. The van der Waals surface area contributed by atoms with E-state index in [-0.39, 0.29) is 18.1 Å². The van der Waals surface area contributed by atoms with Crippen molar-refractivity contribution in [1.82, 2.24) is 15.7 Å². The summed E-state index contributed by atoms with van der Waals surface area (Å²) in [4.78, 5) is 58.3. The predicted molar refractivity (Wildman–Crippen MR) is 96.3 cm³/mol. The largest absolute Gasteiger partial charge is 0.467 e. The maximum absolute atomic E-state index is 12.0. The van der Waals surface area contributed by atoms with Gasteiger partial charge < -0.3 is 30.1 Å². The molecule has 0 radical (unpaired) electrons. The summed E-state index contributed by atoms with van der Waals surface area (Å²) in [6.45, 7) is 0.957. The molecule has 1 aliphatic heterocycles. The Bertz CT molecular complexity index is 949. The lowest BCUT2D eigenvalue weighted by Gasteiger charge is -2.21. The number of aromatic amines is 1. The SMILES string of the molecule is COC(=O)C(OC[C@H]1O[C@@H](n2cc(C)c(=O)[nH]c2=O)C[C@@H]1N=[N+]=[N-])P(=O)(O)O.N. The summed E-state index contributed by atoms with van der Waals surface area (Å²) in [5.41, 5.74) is 7.65. The molecule has 16 heteroatoms.